The number of amides is 2. The summed E-state index contributed by atoms with van der Waals surface area (Å²) in [6.45, 7) is 8.32. The van der Waals surface area contributed by atoms with E-state index >= 15 is 0 Å². The topological polar surface area (TPSA) is 92.2 Å². The first-order valence-electron chi connectivity index (χ1n) is 8.20. The Bertz CT molecular complexity index is 676. The van der Waals surface area contributed by atoms with E-state index in [1.54, 1.807) is 12.3 Å². The van der Waals surface area contributed by atoms with Gasteiger partial charge in [0.2, 0.25) is 5.91 Å². The van der Waals surface area contributed by atoms with Crippen LogP contribution in [0.5, 0.6) is 0 Å². The molecule has 9 heteroatoms. The van der Waals surface area contributed by atoms with Gasteiger partial charge in [-0.05, 0) is 33.8 Å². The van der Waals surface area contributed by atoms with Crippen molar-refractivity contribution in [3.05, 3.63) is 18.3 Å². The van der Waals surface area contributed by atoms with Crippen LogP contribution < -0.4 is 10.4 Å². The van der Waals surface area contributed by atoms with Gasteiger partial charge in [-0.2, -0.15) is 0 Å². The van der Waals surface area contributed by atoms with Crippen LogP contribution in [0, 0.1) is 0 Å². The summed E-state index contributed by atoms with van der Waals surface area (Å²) < 4.78 is 12.0. The van der Waals surface area contributed by atoms with Crippen molar-refractivity contribution in [2.45, 2.75) is 38.9 Å². The van der Waals surface area contributed by atoms with Crippen LogP contribution in [0.25, 0.3) is 0 Å². The number of hydrogen-bond donors (Lipinski definition) is 1. The van der Waals surface area contributed by atoms with E-state index in [4.69, 9.17) is 14.4 Å². The van der Waals surface area contributed by atoms with Crippen molar-refractivity contribution in [1.29, 1.82) is 0 Å². The van der Waals surface area contributed by atoms with Crippen LogP contribution in [0.3, 0.4) is 0 Å². The predicted molar refractivity (Wildman–Crippen MR) is 91.9 cm³/mol. The first-order valence-corrected chi connectivity index (χ1v) is 8.20. The molecule has 2 amide bonds. The number of aromatic nitrogens is 1. The fourth-order valence-corrected chi connectivity index (χ4v) is 2.75. The molecule has 0 unspecified atom stereocenters. The summed E-state index contributed by atoms with van der Waals surface area (Å²) in [6.07, 6.45) is 0.547. The Kier molecular flexibility index (Phi) is 4.24. The third-order valence-electron chi connectivity index (χ3n) is 5.06. The minimum atomic E-state index is -1.09. The summed E-state index contributed by atoms with van der Waals surface area (Å²) >= 11 is 0. The van der Waals surface area contributed by atoms with Gasteiger partial charge in [0, 0.05) is 24.7 Å². The van der Waals surface area contributed by atoms with E-state index in [1.165, 1.54) is 4.90 Å². The van der Waals surface area contributed by atoms with Gasteiger partial charge in [-0.25, -0.2) is 9.78 Å². The number of rotatable bonds is 2. The van der Waals surface area contributed by atoms with E-state index in [-0.39, 0.29) is 25.5 Å². The van der Waals surface area contributed by atoms with Crippen LogP contribution in [-0.4, -0.2) is 64.9 Å². The van der Waals surface area contributed by atoms with E-state index in [2.05, 4.69) is 4.98 Å². The molecule has 2 saturated heterocycles. The van der Waals surface area contributed by atoms with Crippen molar-refractivity contribution in [2.24, 2.45) is 0 Å². The highest BCUT2D eigenvalue weighted by atomic mass is 16.7. The monoisotopic (exact) mass is 347 g/mol. The van der Waals surface area contributed by atoms with Gasteiger partial charge in [-0.15, -0.1) is 0 Å². The Labute approximate surface area is 146 Å². The van der Waals surface area contributed by atoms with Crippen LogP contribution in [0.2, 0.25) is 0 Å². The second kappa shape index (κ2) is 6.00. The fourth-order valence-electron chi connectivity index (χ4n) is 2.75. The second-order valence-electron chi connectivity index (χ2n) is 7.29. The zero-order chi connectivity index (χ0) is 18.4. The summed E-state index contributed by atoms with van der Waals surface area (Å²) in [7, 11) is -0.508. The van der Waals surface area contributed by atoms with Gasteiger partial charge >= 0.3 is 13.2 Å². The number of hydrogen-bond acceptors (Lipinski definition) is 5. The molecule has 25 heavy (non-hydrogen) atoms. The zero-order valence-electron chi connectivity index (χ0n) is 14.9. The van der Waals surface area contributed by atoms with Crippen molar-refractivity contribution < 1.29 is 24.0 Å². The van der Waals surface area contributed by atoms with E-state index in [0.29, 0.717) is 5.82 Å². The van der Waals surface area contributed by atoms with Crippen LogP contribution >= 0.6 is 0 Å². The van der Waals surface area contributed by atoms with E-state index < -0.39 is 24.4 Å². The maximum atomic E-state index is 12.2. The highest BCUT2D eigenvalue weighted by Crippen LogP contribution is 2.36. The van der Waals surface area contributed by atoms with Crippen LogP contribution in [0.15, 0.2) is 18.3 Å². The molecule has 0 aliphatic carbocycles. The van der Waals surface area contributed by atoms with Crippen LogP contribution in [0.1, 0.15) is 27.7 Å². The van der Waals surface area contributed by atoms with Gasteiger partial charge in [0.1, 0.15) is 12.4 Å². The third-order valence-corrected chi connectivity index (χ3v) is 5.06. The van der Waals surface area contributed by atoms with Gasteiger partial charge in [-0.1, -0.05) is 6.07 Å². The molecule has 1 N–H and O–H groups in total. The van der Waals surface area contributed by atoms with Gasteiger partial charge < -0.3 is 14.4 Å². The molecule has 2 fully saturated rings. The highest BCUT2D eigenvalue weighted by Gasteiger charge is 2.51. The van der Waals surface area contributed by atoms with E-state index in [9.17, 15) is 9.59 Å². The van der Waals surface area contributed by atoms with Crippen LogP contribution in [-0.2, 0) is 14.1 Å². The smallest absolute Gasteiger partial charge is 0.465 e. The number of carboxylic acid groups (broad SMARTS) is 1. The Morgan fingerprint density at radius 2 is 1.84 bits per heavy atom. The highest BCUT2D eigenvalue weighted by molar-refractivity contribution is 6.62. The maximum absolute atomic E-state index is 12.2. The van der Waals surface area contributed by atoms with Crippen LogP contribution in [0.4, 0.5) is 10.6 Å². The van der Waals surface area contributed by atoms with Gasteiger partial charge in [-0.3, -0.25) is 14.6 Å². The molecule has 0 saturated carbocycles. The molecular formula is C16H22BN3O5. The molecule has 3 heterocycles. The molecule has 8 nitrogen and oxygen atoms in total. The molecule has 0 aromatic carbocycles. The van der Waals surface area contributed by atoms with Crippen molar-refractivity contribution >= 4 is 30.4 Å². The molecule has 0 radical (unpaired) electrons. The Hall–Kier alpha value is -2.13. The summed E-state index contributed by atoms with van der Waals surface area (Å²) in [5.74, 6) is 0.208. The number of anilines is 1. The van der Waals surface area contributed by atoms with Crippen molar-refractivity contribution in [3.8, 4) is 0 Å². The lowest BCUT2D eigenvalue weighted by molar-refractivity contribution is -0.120. The molecule has 0 atom stereocenters. The molecule has 2 aliphatic rings. The van der Waals surface area contributed by atoms with Crippen molar-refractivity contribution in [2.75, 3.05) is 24.5 Å². The first-order chi connectivity index (χ1) is 11.6. The minimum absolute atomic E-state index is 0.157. The summed E-state index contributed by atoms with van der Waals surface area (Å²) in [5, 5.41) is 8.97. The zero-order valence-corrected chi connectivity index (χ0v) is 14.9. The Morgan fingerprint density at radius 3 is 2.32 bits per heavy atom. The summed E-state index contributed by atoms with van der Waals surface area (Å²) in [6, 6.07) is 3.55. The summed E-state index contributed by atoms with van der Waals surface area (Å²) in [5.41, 5.74) is -0.0853. The number of carbonyl (C=O) groups is 2. The normalized spacial score (nSPS) is 22.4. The molecule has 1 aromatic rings. The van der Waals surface area contributed by atoms with E-state index in [0.717, 1.165) is 10.4 Å². The number of pyridine rings is 1. The standard InChI is InChI=1S/C16H22BN3O5/c1-15(2)16(3,4)25-17(24-15)11-5-6-12(18-9-11)20-8-7-19(14(22)23)10-13(20)21/h5-6,9H,7-8,10H2,1-4H3,(H,22,23). The van der Waals surface area contributed by atoms with E-state index in [1.807, 2.05) is 33.8 Å². The second-order valence-corrected chi connectivity index (χ2v) is 7.29. The molecular weight excluding hydrogens is 325 g/mol. The maximum Gasteiger partial charge on any atom is 0.496 e. The average molecular weight is 347 g/mol. The number of carbonyl (C=O) groups excluding carboxylic acids is 1. The van der Waals surface area contributed by atoms with Crippen molar-refractivity contribution in [3.63, 3.8) is 0 Å². The number of nitrogens with zero attached hydrogens (tertiary/aromatic N) is 3. The predicted octanol–water partition coefficient (Wildman–Crippen LogP) is 0.707. The molecule has 0 bridgehead atoms. The van der Waals surface area contributed by atoms with Crippen molar-refractivity contribution in [1.82, 2.24) is 9.88 Å². The largest absolute Gasteiger partial charge is 0.496 e. The molecule has 2 aliphatic heterocycles. The quantitative estimate of drug-likeness (QED) is 0.792. The average Bonchev–Trinajstić information content (AvgIpc) is 2.75. The SMILES string of the molecule is CC1(C)OB(c2ccc(N3CCN(C(=O)O)CC3=O)nc2)OC1(C)C. The Balaban J connectivity index is 1.72. The minimum Gasteiger partial charge on any atom is -0.465 e. The lowest BCUT2D eigenvalue weighted by Crippen LogP contribution is -2.52. The molecule has 1 aromatic heterocycles. The number of piperazine rings is 1. The van der Waals surface area contributed by atoms with Gasteiger partial charge in [0.15, 0.2) is 0 Å². The third kappa shape index (κ3) is 3.21. The molecule has 0 spiro atoms. The van der Waals surface area contributed by atoms with Gasteiger partial charge in [0.05, 0.1) is 11.2 Å². The summed E-state index contributed by atoms with van der Waals surface area (Å²) in [4.78, 5) is 30.0. The lowest BCUT2D eigenvalue weighted by atomic mass is 9.80. The lowest BCUT2D eigenvalue weighted by Gasteiger charge is -2.32. The molecule has 134 valence electrons. The first kappa shape index (κ1) is 17.7. The van der Waals surface area contributed by atoms with Gasteiger partial charge in [0.25, 0.3) is 0 Å². The fraction of sp³-hybridized carbons (Fsp3) is 0.562. The molecule has 3 rings (SSSR count). The Morgan fingerprint density at radius 1 is 1.20 bits per heavy atom.